The molecular formula is C22H30N4O. The van der Waals surface area contributed by atoms with Gasteiger partial charge in [0.1, 0.15) is 0 Å². The standard InChI is InChI=1S/C22H30N4O/c23-21-22(27)26(18-11-7-6-10-17(18)24-21)20-14-16-12-13-19(20)25(16)15-8-4-2-1-3-5-9-15/h6-7,10-11,15-16,19-20H,1-5,8-9,12-14H2,(H2,23,24)/t16-,19?,20+/m0/s1. The molecule has 0 amide bonds. The molecule has 1 saturated carbocycles. The average Bonchev–Trinajstić information content (AvgIpc) is 3.20. The van der Waals surface area contributed by atoms with Gasteiger partial charge in [-0.25, -0.2) is 4.98 Å². The van der Waals surface area contributed by atoms with E-state index in [1.807, 2.05) is 28.8 Å². The molecule has 27 heavy (non-hydrogen) atoms. The van der Waals surface area contributed by atoms with Gasteiger partial charge in [0, 0.05) is 18.1 Å². The molecular weight excluding hydrogens is 336 g/mol. The molecule has 144 valence electrons. The van der Waals surface area contributed by atoms with Gasteiger partial charge in [0.05, 0.1) is 17.1 Å². The van der Waals surface area contributed by atoms with Crippen LogP contribution in [-0.4, -0.2) is 32.6 Å². The number of hydrogen-bond donors (Lipinski definition) is 1. The van der Waals surface area contributed by atoms with Gasteiger partial charge in [0.15, 0.2) is 5.82 Å². The van der Waals surface area contributed by atoms with Crippen molar-refractivity contribution in [2.75, 3.05) is 5.73 Å². The van der Waals surface area contributed by atoms with Gasteiger partial charge in [0.2, 0.25) is 0 Å². The van der Waals surface area contributed by atoms with Gasteiger partial charge >= 0.3 is 0 Å². The van der Waals surface area contributed by atoms with Crippen molar-refractivity contribution >= 4 is 16.9 Å². The lowest BCUT2D eigenvalue weighted by Crippen LogP contribution is -2.42. The first-order chi connectivity index (χ1) is 13.2. The van der Waals surface area contributed by atoms with Gasteiger partial charge in [-0.05, 0) is 44.2 Å². The molecule has 3 fully saturated rings. The molecule has 2 bridgehead atoms. The van der Waals surface area contributed by atoms with Crippen LogP contribution in [0.15, 0.2) is 29.1 Å². The van der Waals surface area contributed by atoms with E-state index in [0.717, 1.165) is 17.5 Å². The summed E-state index contributed by atoms with van der Waals surface area (Å²) in [7, 11) is 0. The topological polar surface area (TPSA) is 64.2 Å². The van der Waals surface area contributed by atoms with Crippen LogP contribution in [0.4, 0.5) is 5.82 Å². The molecule has 3 aliphatic rings. The maximum Gasteiger partial charge on any atom is 0.293 e. The first kappa shape index (κ1) is 17.2. The summed E-state index contributed by atoms with van der Waals surface area (Å²) in [6, 6.07) is 9.98. The van der Waals surface area contributed by atoms with E-state index in [1.165, 1.54) is 57.8 Å². The minimum absolute atomic E-state index is 0.108. The fourth-order valence-corrected chi connectivity index (χ4v) is 6.08. The molecule has 2 saturated heterocycles. The molecule has 5 rings (SSSR count). The lowest BCUT2D eigenvalue weighted by Gasteiger charge is -2.34. The molecule has 1 unspecified atom stereocenters. The number of aromatic nitrogens is 2. The third-order valence-corrected chi connectivity index (χ3v) is 7.21. The van der Waals surface area contributed by atoms with Crippen LogP contribution in [0.1, 0.15) is 70.3 Å². The Bertz CT molecular complexity index is 884. The van der Waals surface area contributed by atoms with Crippen molar-refractivity contribution in [1.82, 2.24) is 14.5 Å². The van der Waals surface area contributed by atoms with Crippen LogP contribution >= 0.6 is 0 Å². The number of fused-ring (bicyclic) bond motifs is 3. The number of para-hydroxylation sites is 2. The number of rotatable bonds is 2. The third-order valence-electron chi connectivity index (χ3n) is 7.21. The van der Waals surface area contributed by atoms with E-state index >= 15 is 0 Å². The second-order valence-corrected chi connectivity index (χ2v) is 8.71. The summed E-state index contributed by atoms with van der Waals surface area (Å²) in [4.78, 5) is 20.1. The van der Waals surface area contributed by atoms with Gasteiger partial charge in [-0.15, -0.1) is 0 Å². The highest BCUT2D eigenvalue weighted by Crippen LogP contribution is 2.47. The summed E-state index contributed by atoms with van der Waals surface area (Å²) < 4.78 is 1.98. The first-order valence-corrected chi connectivity index (χ1v) is 10.8. The van der Waals surface area contributed by atoms with Crippen LogP contribution in [0.3, 0.4) is 0 Å². The normalized spacial score (nSPS) is 29.9. The predicted molar refractivity (Wildman–Crippen MR) is 109 cm³/mol. The van der Waals surface area contributed by atoms with E-state index in [0.29, 0.717) is 18.1 Å². The lowest BCUT2D eigenvalue weighted by molar-refractivity contribution is 0.139. The van der Waals surface area contributed by atoms with Gasteiger partial charge in [-0.3, -0.25) is 14.3 Å². The van der Waals surface area contributed by atoms with Crippen molar-refractivity contribution in [3.8, 4) is 0 Å². The summed E-state index contributed by atoms with van der Waals surface area (Å²) in [6.07, 6.45) is 13.1. The molecule has 1 aliphatic carbocycles. The Morgan fingerprint density at radius 1 is 0.889 bits per heavy atom. The van der Waals surface area contributed by atoms with Crippen LogP contribution in [0.2, 0.25) is 0 Å². The minimum atomic E-state index is -0.108. The molecule has 2 aromatic rings. The zero-order valence-corrected chi connectivity index (χ0v) is 16.0. The summed E-state index contributed by atoms with van der Waals surface area (Å²) in [5.41, 5.74) is 7.67. The van der Waals surface area contributed by atoms with Gasteiger partial charge in [-0.2, -0.15) is 0 Å². The van der Waals surface area contributed by atoms with Crippen LogP contribution in [0, 0.1) is 0 Å². The minimum Gasteiger partial charge on any atom is -0.379 e. The number of nitrogens with two attached hydrogens (primary N) is 1. The maximum atomic E-state index is 13.0. The van der Waals surface area contributed by atoms with E-state index in [-0.39, 0.29) is 17.4 Å². The van der Waals surface area contributed by atoms with E-state index in [2.05, 4.69) is 9.88 Å². The summed E-state index contributed by atoms with van der Waals surface area (Å²) in [6.45, 7) is 0. The van der Waals surface area contributed by atoms with Crippen molar-refractivity contribution in [2.24, 2.45) is 0 Å². The van der Waals surface area contributed by atoms with Crippen molar-refractivity contribution in [1.29, 1.82) is 0 Å². The highest BCUT2D eigenvalue weighted by Gasteiger charge is 2.49. The monoisotopic (exact) mass is 366 g/mol. The zero-order chi connectivity index (χ0) is 18.4. The Labute approximate surface area is 160 Å². The van der Waals surface area contributed by atoms with E-state index in [1.54, 1.807) is 0 Å². The van der Waals surface area contributed by atoms with Crippen molar-refractivity contribution in [2.45, 2.75) is 88.4 Å². The smallest absolute Gasteiger partial charge is 0.293 e. The van der Waals surface area contributed by atoms with E-state index in [4.69, 9.17) is 5.73 Å². The summed E-state index contributed by atoms with van der Waals surface area (Å²) >= 11 is 0. The number of hydrogen-bond acceptors (Lipinski definition) is 4. The number of nitrogens with zero attached hydrogens (tertiary/aromatic N) is 3. The van der Waals surface area contributed by atoms with Crippen LogP contribution in [0.25, 0.3) is 11.0 Å². The Hall–Kier alpha value is -1.88. The molecule has 5 heteroatoms. The number of nitrogen functional groups attached to an aromatic ring is 1. The number of benzene rings is 1. The lowest BCUT2D eigenvalue weighted by atomic mass is 9.94. The Balaban J connectivity index is 1.52. The average molecular weight is 367 g/mol. The molecule has 3 atom stereocenters. The molecule has 1 aromatic heterocycles. The molecule has 1 aromatic carbocycles. The highest BCUT2D eigenvalue weighted by molar-refractivity contribution is 5.76. The molecule has 5 nitrogen and oxygen atoms in total. The van der Waals surface area contributed by atoms with Gasteiger partial charge < -0.3 is 5.73 Å². The van der Waals surface area contributed by atoms with Gasteiger partial charge in [0.25, 0.3) is 5.56 Å². The predicted octanol–water partition coefficient (Wildman–Crippen LogP) is 3.87. The Morgan fingerprint density at radius 3 is 2.44 bits per heavy atom. The van der Waals surface area contributed by atoms with Crippen molar-refractivity contribution in [3.63, 3.8) is 0 Å². The van der Waals surface area contributed by atoms with E-state index in [9.17, 15) is 4.79 Å². The second-order valence-electron chi connectivity index (χ2n) is 8.71. The molecule has 2 aliphatic heterocycles. The quantitative estimate of drug-likeness (QED) is 0.876. The Morgan fingerprint density at radius 2 is 1.63 bits per heavy atom. The van der Waals surface area contributed by atoms with Crippen molar-refractivity contribution < 1.29 is 0 Å². The molecule has 0 radical (unpaired) electrons. The summed E-state index contributed by atoms with van der Waals surface area (Å²) in [5, 5.41) is 0. The van der Waals surface area contributed by atoms with Crippen LogP contribution < -0.4 is 11.3 Å². The Kier molecular flexibility index (Phi) is 4.43. The number of anilines is 1. The fraction of sp³-hybridized carbons (Fsp3) is 0.636. The zero-order valence-electron chi connectivity index (χ0n) is 16.0. The second kappa shape index (κ2) is 6.93. The largest absolute Gasteiger partial charge is 0.379 e. The third kappa shape index (κ3) is 2.87. The van der Waals surface area contributed by atoms with Crippen LogP contribution in [-0.2, 0) is 0 Å². The van der Waals surface area contributed by atoms with Crippen LogP contribution in [0.5, 0.6) is 0 Å². The molecule has 3 heterocycles. The molecule has 2 N–H and O–H groups in total. The van der Waals surface area contributed by atoms with E-state index < -0.39 is 0 Å². The highest BCUT2D eigenvalue weighted by atomic mass is 16.1. The SMILES string of the molecule is Nc1nc2ccccc2n([C@@H]2C[C@@H]3CCC2N3C2CCCCCCC2)c1=O. The summed E-state index contributed by atoms with van der Waals surface area (Å²) in [5.74, 6) is 0.133. The molecule has 0 spiro atoms. The maximum absolute atomic E-state index is 13.0. The fourth-order valence-electron chi connectivity index (χ4n) is 6.08. The van der Waals surface area contributed by atoms with Crippen molar-refractivity contribution in [3.05, 3.63) is 34.6 Å². The first-order valence-electron chi connectivity index (χ1n) is 10.8. The van der Waals surface area contributed by atoms with Gasteiger partial charge in [-0.1, -0.05) is 44.2 Å².